The summed E-state index contributed by atoms with van der Waals surface area (Å²) in [6.45, 7) is -1.54. The molecule has 0 aliphatic heterocycles. The van der Waals surface area contributed by atoms with Crippen LogP contribution in [0, 0.1) is 0 Å². The fourth-order valence-electron chi connectivity index (χ4n) is 3.37. The fourth-order valence-corrected chi connectivity index (χ4v) is 3.37. The van der Waals surface area contributed by atoms with Crippen LogP contribution in [0.3, 0.4) is 0 Å². The number of para-hydroxylation sites is 1. The third-order valence-corrected chi connectivity index (χ3v) is 5.37. The van der Waals surface area contributed by atoms with Crippen molar-refractivity contribution in [1.29, 1.82) is 0 Å². The number of primary amides is 1. The lowest BCUT2D eigenvalue weighted by Gasteiger charge is -2.24. The number of aliphatic hydroxyl groups is 2. The summed E-state index contributed by atoms with van der Waals surface area (Å²) < 4.78 is 0. The van der Waals surface area contributed by atoms with Gasteiger partial charge in [-0.05, 0) is 18.1 Å². The van der Waals surface area contributed by atoms with Gasteiger partial charge < -0.3 is 47.7 Å². The number of carbonyl (C=O) groups excluding carboxylic acids is 4. The van der Waals surface area contributed by atoms with E-state index in [-0.39, 0.29) is 19.3 Å². The molecule has 11 N–H and O–H groups in total. The lowest BCUT2D eigenvalue weighted by atomic mass is 10.0. The largest absolute Gasteiger partial charge is 0.480 e. The molecule has 0 bridgehead atoms. The van der Waals surface area contributed by atoms with Crippen molar-refractivity contribution < 1.29 is 39.3 Å². The molecule has 1 aromatic heterocycles. The van der Waals surface area contributed by atoms with Crippen molar-refractivity contribution in [2.45, 2.75) is 43.4 Å². The predicted octanol–water partition coefficient (Wildman–Crippen LogP) is -3.17. The van der Waals surface area contributed by atoms with Crippen LogP contribution in [-0.4, -0.2) is 87.3 Å². The van der Waals surface area contributed by atoms with Crippen molar-refractivity contribution in [3.05, 3.63) is 36.0 Å². The molecule has 0 saturated carbocycles. The second-order valence-electron chi connectivity index (χ2n) is 8.06. The molecule has 4 amide bonds. The first-order chi connectivity index (χ1) is 17.1. The molecule has 0 saturated heterocycles. The van der Waals surface area contributed by atoms with Crippen molar-refractivity contribution in [2.75, 3.05) is 13.2 Å². The smallest absolute Gasteiger partial charge is 0.326 e. The Labute approximate surface area is 205 Å². The Morgan fingerprint density at radius 1 is 0.889 bits per heavy atom. The fraction of sp³-hybridized carbons (Fsp3) is 0.409. The van der Waals surface area contributed by atoms with E-state index in [9.17, 15) is 34.2 Å². The van der Waals surface area contributed by atoms with Crippen LogP contribution in [0.1, 0.15) is 18.4 Å². The van der Waals surface area contributed by atoms with Gasteiger partial charge in [0.05, 0.1) is 13.2 Å². The molecule has 0 radical (unpaired) electrons. The van der Waals surface area contributed by atoms with Gasteiger partial charge in [0.2, 0.25) is 23.6 Å². The lowest BCUT2D eigenvalue weighted by molar-refractivity contribution is -0.142. The minimum atomic E-state index is -1.50. The van der Waals surface area contributed by atoms with Crippen LogP contribution in [0.4, 0.5) is 0 Å². The second-order valence-corrected chi connectivity index (χ2v) is 8.06. The van der Waals surface area contributed by atoms with Gasteiger partial charge >= 0.3 is 5.97 Å². The molecule has 196 valence electrons. The van der Waals surface area contributed by atoms with Gasteiger partial charge in [0.25, 0.3) is 0 Å². The van der Waals surface area contributed by atoms with E-state index in [0.29, 0.717) is 5.56 Å². The third kappa shape index (κ3) is 7.76. The molecule has 2 rings (SSSR count). The summed E-state index contributed by atoms with van der Waals surface area (Å²) in [5.41, 5.74) is 11.9. The van der Waals surface area contributed by atoms with Gasteiger partial charge in [0.15, 0.2) is 0 Å². The van der Waals surface area contributed by atoms with Gasteiger partial charge in [-0.15, -0.1) is 0 Å². The number of aromatic amines is 1. The Bertz CT molecular complexity index is 1100. The number of carboxylic acid groups (broad SMARTS) is 1. The molecule has 14 nitrogen and oxygen atoms in total. The maximum absolute atomic E-state index is 13.1. The highest BCUT2D eigenvalue weighted by Gasteiger charge is 2.30. The number of aromatic nitrogens is 1. The van der Waals surface area contributed by atoms with E-state index in [1.54, 1.807) is 30.5 Å². The monoisotopic (exact) mass is 506 g/mol. The first kappa shape index (κ1) is 28.2. The highest BCUT2D eigenvalue weighted by Crippen LogP contribution is 2.19. The maximum atomic E-state index is 13.1. The number of H-pyrrole nitrogens is 1. The van der Waals surface area contributed by atoms with Crippen molar-refractivity contribution in [2.24, 2.45) is 11.5 Å². The molecule has 0 fully saturated rings. The molecule has 14 heteroatoms. The Morgan fingerprint density at radius 3 is 2.11 bits per heavy atom. The zero-order valence-corrected chi connectivity index (χ0v) is 19.3. The maximum Gasteiger partial charge on any atom is 0.326 e. The van der Waals surface area contributed by atoms with E-state index in [1.165, 1.54) is 0 Å². The third-order valence-electron chi connectivity index (χ3n) is 5.37. The van der Waals surface area contributed by atoms with Crippen molar-refractivity contribution in [3.63, 3.8) is 0 Å². The number of benzene rings is 1. The van der Waals surface area contributed by atoms with Crippen LogP contribution in [0.15, 0.2) is 30.5 Å². The van der Waals surface area contributed by atoms with Crippen molar-refractivity contribution in [3.8, 4) is 0 Å². The Morgan fingerprint density at radius 2 is 1.50 bits per heavy atom. The quantitative estimate of drug-likeness (QED) is 0.125. The SMILES string of the molecule is NC(=O)CCC(NC(=O)C(Cc1c[nH]c2ccccc12)NC(=O)C(CO)NC(=O)C(N)CO)C(=O)O. The van der Waals surface area contributed by atoms with E-state index >= 15 is 0 Å². The number of hydrogen-bond acceptors (Lipinski definition) is 8. The number of nitrogens with one attached hydrogen (secondary N) is 4. The zero-order valence-electron chi connectivity index (χ0n) is 19.3. The topological polar surface area (TPSA) is 250 Å². The minimum Gasteiger partial charge on any atom is -0.480 e. The zero-order chi connectivity index (χ0) is 26.8. The molecule has 0 aliphatic rings. The van der Waals surface area contributed by atoms with Crippen molar-refractivity contribution >= 4 is 40.5 Å². The Kier molecular flexibility index (Phi) is 10.3. The Hall–Kier alpha value is -4.01. The highest BCUT2D eigenvalue weighted by atomic mass is 16.4. The molecule has 0 spiro atoms. The normalized spacial score (nSPS) is 14.3. The van der Waals surface area contributed by atoms with Crippen molar-refractivity contribution in [1.82, 2.24) is 20.9 Å². The van der Waals surface area contributed by atoms with Gasteiger partial charge in [0.1, 0.15) is 24.2 Å². The van der Waals surface area contributed by atoms with Crippen LogP contribution in [-0.2, 0) is 30.4 Å². The van der Waals surface area contributed by atoms with Crippen LogP contribution in [0.25, 0.3) is 10.9 Å². The van der Waals surface area contributed by atoms with Crippen LogP contribution < -0.4 is 27.4 Å². The number of carbonyl (C=O) groups is 5. The number of rotatable bonds is 14. The summed E-state index contributed by atoms with van der Waals surface area (Å²) in [6, 6.07) is 1.55. The number of nitrogens with two attached hydrogens (primary N) is 2. The average molecular weight is 507 g/mol. The minimum absolute atomic E-state index is 0.0774. The van der Waals surface area contributed by atoms with Gasteiger partial charge in [-0.25, -0.2) is 4.79 Å². The van der Waals surface area contributed by atoms with E-state index < -0.39 is 67.0 Å². The summed E-state index contributed by atoms with van der Waals surface area (Å²) in [5.74, 6) is -4.87. The van der Waals surface area contributed by atoms with Gasteiger partial charge in [-0.3, -0.25) is 19.2 Å². The summed E-state index contributed by atoms with van der Waals surface area (Å²) in [4.78, 5) is 63.5. The van der Waals surface area contributed by atoms with Gasteiger partial charge in [-0.2, -0.15) is 0 Å². The molecule has 2 aromatic rings. The van der Waals surface area contributed by atoms with E-state index in [0.717, 1.165) is 10.9 Å². The number of fused-ring (bicyclic) bond motifs is 1. The highest BCUT2D eigenvalue weighted by molar-refractivity contribution is 5.95. The number of carboxylic acids is 1. The van der Waals surface area contributed by atoms with E-state index in [2.05, 4.69) is 20.9 Å². The summed E-state index contributed by atoms with van der Waals surface area (Å²) in [5, 5.41) is 35.6. The first-order valence-corrected chi connectivity index (χ1v) is 11.0. The predicted molar refractivity (Wildman–Crippen MR) is 126 cm³/mol. The van der Waals surface area contributed by atoms with E-state index in [4.69, 9.17) is 16.6 Å². The molecule has 1 aromatic carbocycles. The van der Waals surface area contributed by atoms with Crippen LogP contribution >= 0.6 is 0 Å². The molecule has 4 unspecified atom stereocenters. The summed E-state index contributed by atoms with van der Waals surface area (Å²) in [7, 11) is 0. The number of hydrogen-bond donors (Lipinski definition) is 9. The number of amides is 4. The molecular formula is C22H30N6O8. The van der Waals surface area contributed by atoms with Crippen LogP contribution in [0.2, 0.25) is 0 Å². The van der Waals surface area contributed by atoms with Gasteiger partial charge in [-0.1, -0.05) is 18.2 Å². The summed E-state index contributed by atoms with van der Waals surface area (Å²) >= 11 is 0. The van der Waals surface area contributed by atoms with E-state index in [1.807, 2.05) is 0 Å². The molecular weight excluding hydrogens is 476 g/mol. The van der Waals surface area contributed by atoms with Crippen LogP contribution in [0.5, 0.6) is 0 Å². The standard InChI is InChI=1S/C22H30N6O8/c23-13(9-29)19(32)28-17(10-30)21(34)27-16(7-11-8-25-14-4-2-1-3-12(11)14)20(33)26-15(22(35)36)5-6-18(24)31/h1-4,8,13,15-17,25,29-30H,5-7,9-10,23H2,(H2,24,31)(H,26,33)(H,27,34)(H,28,32)(H,35,36). The molecule has 36 heavy (non-hydrogen) atoms. The molecule has 1 heterocycles. The molecule has 0 aliphatic carbocycles. The second kappa shape index (κ2) is 13.2. The number of aliphatic hydroxyl groups excluding tert-OH is 2. The van der Waals surface area contributed by atoms with Gasteiger partial charge in [0, 0.05) is 29.9 Å². The Balaban J connectivity index is 2.27. The lowest BCUT2D eigenvalue weighted by Crippen LogP contribution is -2.58. The first-order valence-electron chi connectivity index (χ1n) is 11.0. The summed E-state index contributed by atoms with van der Waals surface area (Å²) in [6.07, 6.45) is 0.995. The molecule has 4 atom stereocenters. The average Bonchev–Trinajstić information content (AvgIpc) is 3.26. The number of aliphatic carboxylic acids is 1.